The zero-order valence-electron chi connectivity index (χ0n) is 10.8. The van der Waals surface area contributed by atoms with Gasteiger partial charge in [-0.25, -0.2) is 0 Å². The quantitative estimate of drug-likeness (QED) is 0.344. The molecule has 0 amide bonds. The predicted molar refractivity (Wildman–Crippen MR) is 75.5 cm³/mol. The zero-order valence-corrected chi connectivity index (χ0v) is 10.8. The van der Waals surface area contributed by atoms with Crippen LogP contribution in [0.5, 0.6) is 5.75 Å². The van der Waals surface area contributed by atoms with E-state index in [1.54, 1.807) is 18.2 Å². The molecule has 0 aliphatic heterocycles. The zero-order chi connectivity index (χ0) is 14.2. The summed E-state index contributed by atoms with van der Waals surface area (Å²) in [6, 6.07) is 14.8. The highest BCUT2D eigenvalue weighted by Crippen LogP contribution is 2.24. The lowest BCUT2D eigenvalue weighted by atomic mass is 10.1. The van der Waals surface area contributed by atoms with Crippen LogP contribution in [-0.4, -0.2) is 6.29 Å². The maximum Gasteiger partial charge on any atom is 0.153 e. The molecule has 0 saturated heterocycles. The molecule has 0 aromatic heterocycles. The Labute approximate surface area is 116 Å². The Morgan fingerprint density at radius 2 is 1.95 bits per heavy atom. The molecular weight excluding hydrogens is 254 g/mol. The van der Waals surface area contributed by atoms with E-state index in [1.165, 1.54) is 0 Å². The van der Waals surface area contributed by atoms with Crippen molar-refractivity contribution in [3.8, 4) is 5.75 Å². The van der Waals surface area contributed by atoms with Gasteiger partial charge >= 0.3 is 0 Å². The minimum Gasteiger partial charge on any atom is -0.488 e. The van der Waals surface area contributed by atoms with Crippen LogP contribution in [0.2, 0.25) is 0 Å². The van der Waals surface area contributed by atoms with Crippen LogP contribution in [0.15, 0.2) is 53.6 Å². The highest BCUT2D eigenvalue weighted by molar-refractivity contribution is 5.80. The van der Waals surface area contributed by atoms with E-state index in [0.717, 1.165) is 11.8 Å². The van der Waals surface area contributed by atoms with Gasteiger partial charge in [-0.15, -0.1) is 0 Å². The fourth-order valence-electron chi connectivity index (χ4n) is 1.84. The third-order valence-corrected chi connectivity index (χ3v) is 2.78. The van der Waals surface area contributed by atoms with Crippen molar-refractivity contribution in [1.29, 1.82) is 0 Å². The van der Waals surface area contributed by atoms with Crippen molar-refractivity contribution in [3.05, 3.63) is 75.7 Å². The van der Waals surface area contributed by atoms with Gasteiger partial charge in [0.1, 0.15) is 12.4 Å². The van der Waals surface area contributed by atoms with E-state index >= 15 is 0 Å². The first-order valence-electron chi connectivity index (χ1n) is 6.10. The van der Waals surface area contributed by atoms with Crippen molar-refractivity contribution in [2.24, 2.45) is 5.11 Å². The standard InChI is InChI=1S/C15H13N3O2/c16-18-17-9-13-7-4-8-14(10-19)15(13)20-11-12-5-2-1-3-6-12/h1-8,10H,9,11H2. The Kier molecular flexibility index (Phi) is 4.76. The highest BCUT2D eigenvalue weighted by Gasteiger charge is 2.09. The van der Waals surface area contributed by atoms with Crippen LogP contribution in [0.4, 0.5) is 0 Å². The Morgan fingerprint density at radius 1 is 1.15 bits per heavy atom. The third kappa shape index (κ3) is 3.37. The molecule has 0 atom stereocenters. The number of benzene rings is 2. The van der Waals surface area contributed by atoms with Gasteiger partial charge < -0.3 is 4.74 Å². The number of para-hydroxylation sites is 1. The van der Waals surface area contributed by atoms with Crippen LogP contribution in [-0.2, 0) is 13.2 Å². The van der Waals surface area contributed by atoms with Gasteiger partial charge in [0.05, 0.1) is 12.1 Å². The van der Waals surface area contributed by atoms with E-state index in [9.17, 15) is 4.79 Å². The van der Waals surface area contributed by atoms with E-state index in [2.05, 4.69) is 10.0 Å². The van der Waals surface area contributed by atoms with Gasteiger partial charge in [-0.05, 0) is 17.2 Å². The van der Waals surface area contributed by atoms with Crippen molar-refractivity contribution in [2.45, 2.75) is 13.2 Å². The SMILES string of the molecule is [N-]=[N+]=NCc1cccc(C=O)c1OCc1ccccc1. The average molecular weight is 267 g/mol. The molecule has 0 radical (unpaired) electrons. The number of rotatable bonds is 6. The maximum absolute atomic E-state index is 11.1. The predicted octanol–water partition coefficient (Wildman–Crippen LogP) is 3.89. The smallest absolute Gasteiger partial charge is 0.153 e. The average Bonchev–Trinajstić information content (AvgIpc) is 2.52. The number of carbonyl (C=O) groups excluding carboxylic acids is 1. The molecule has 0 fully saturated rings. The summed E-state index contributed by atoms with van der Waals surface area (Å²) in [5.41, 5.74) is 10.6. The van der Waals surface area contributed by atoms with Crippen LogP contribution < -0.4 is 4.74 Å². The molecule has 5 heteroatoms. The summed E-state index contributed by atoms with van der Waals surface area (Å²) in [5.74, 6) is 0.471. The molecule has 0 spiro atoms. The van der Waals surface area contributed by atoms with Crippen LogP contribution in [0.1, 0.15) is 21.5 Å². The molecular formula is C15H13N3O2. The molecule has 0 saturated carbocycles. The summed E-state index contributed by atoms with van der Waals surface area (Å²) in [5, 5.41) is 3.52. The first-order valence-corrected chi connectivity index (χ1v) is 6.10. The fourth-order valence-corrected chi connectivity index (χ4v) is 1.84. The van der Waals surface area contributed by atoms with E-state index in [0.29, 0.717) is 23.5 Å². The van der Waals surface area contributed by atoms with Gasteiger partial charge in [-0.3, -0.25) is 4.79 Å². The van der Waals surface area contributed by atoms with E-state index < -0.39 is 0 Å². The first kappa shape index (κ1) is 13.6. The highest BCUT2D eigenvalue weighted by atomic mass is 16.5. The first-order chi connectivity index (χ1) is 9.85. The topological polar surface area (TPSA) is 75.1 Å². The number of carbonyl (C=O) groups is 1. The largest absolute Gasteiger partial charge is 0.488 e. The molecule has 0 heterocycles. The van der Waals surface area contributed by atoms with Crippen molar-refractivity contribution in [2.75, 3.05) is 0 Å². The lowest BCUT2D eigenvalue weighted by Crippen LogP contribution is -2.01. The fraction of sp³-hybridized carbons (Fsp3) is 0.133. The number of hydrogen-bond acceptors (Lipinski definition) is 3. The number of ether oxygens (including phenoxy) is 1. The van der Waals surface area contributed by atoms with Crippen molar-refractivity contribution in [3.63, 3.8) is 0 Å². The molecule has 0 unspecified atom stereocenters. The molecule has 0 bridgehead atoms. The number of nitrogens with zero attached hydrogens (tertiary/aromatic N) is 3. The maximum atomic E-state index is 11.1. The van der Waals surface area contributed by atoms with Gasteiger partial charge in [-0.1, -0.05) is 47.6 Å². The summed E-state index contributed by atoms with van der Waals surface area (Å²) in [7, 11) is 0. The molecule has 100 valence electrons. The summed E-state index contributed by atoms with van der Waals surface area (Å²) in [4.78, 5) is 13.8. The van der Waals surface area contributed by atoms with Crippen LogP contribution >= 0.6 is 0 Å². The number of aldehydes is 1. The van der Waals surface area contributed by atoms with Crippen LogP contribution in [0.25, 0.3) is 10.4 Å². The van der Waals surface area contributed by atoms with E-state index in [1.807, 2.05) is 30.3 Å². The van der Waals surface area contributed by atoms with Crippen molar-refractivity contribution >= 4 is 6.29 Å². The Bertz CT molecular complexity index is 635. The van der Waals surface area contributed by atoms with Crippen LogP contribution in [0.3, 0.4) is 0 Å². The van der Waals surface area contributed by atoms with Crippen molar-refractivity contribution in [1.82, 2.24) is 0 Å². The Balaban J connectivity index is 2.23. The van der Waals surface area contributed by atoms with Gasteiger partial charge in [0.2, 0.25) is 0 Å². The molecule has 0 aliphatic carbocycles. The van der Waals surface area contributed by atoms with Gasteiger partial charge in [0.25, 0.3) is 0 Å². The molecule has 0 aliphatic rings. The second kappa shape index (κ2) is 6.97. The molecule has 5 nitrogen and oxygen atoms in total. The summed E-state index contributed by atoms with van der Waals surface area (Å²) < 4.78 is 5.73. The molecule has 20 heavy (non-hydrogen) atoms. The second-order valence-corrected chi connectivity index (χ2v) is 4.12. The number of hydrogen-bond donors (Lipinski definition) is 0. The molecule has 2 rings (SSSR count). The minimum absolute atomic E-state index is 0.155. The third-order valence-electron chi connectivity index (χ3n) is 2.78. The van der Waals surface area contributed by atoms with Crippen molar-refractivity contribution < 1.29 is 9.53 Å². The molecule has 0 N–H and O–H groups in total. The minimum atomic E-state index is 0.155. The van der Waals surface area contributed by atoms with Gasteiger partial charge in [-0.2, -0.15) is 0 Å². The normalized spacial score (nSPS) is 9.60. The Hall–Kier alpha value is -2.78. The van der Waals surface area contributed by atoms with Gasteiger partial charge in [0, 0.05) is 10.5 Å². The van der Waals surface area contributed by atoms with Crippen LogP contribution in [0, 0.1) is 0 Å². The van der Waals surface area contributed by atoms with E-state index in [4.69, 9.17) is 10.3 Å². The van der Waals surface area contributed by atoms with Gasteiger partial charge in [0.15, 0.2) is 6.29 Å². The summed E-state index contributed by atoms with van der Waals surface area (Å²) >= 11 is 0. The number of azide groups is 1. The lowest BCUT2D eigenvalue weighted by Gasteiger charge is -2.12. The second-order valence-electron chi connectivity index (χ2n) is 4.12. The van der Waals surface area contributed by atoms with E-state index in [-0.39, 0.29) is 6.54 Å². The molecule has 2 aromatic rings. The Morgan fingerprint density at radius 3 is 2.65 bits per heavy atom. The lowest BCUT2D eigenvalue weighted by molar-refractivity contribution is 0.111. The summed E-state index contributed by atoms with van der Waals surface area (Å²) in [6.45, 7) is 0.511. The molecule has 2 aromatic carbocycles. The monoisotopic (exact) mass is 267 g/mol. The summed E-state index contributed by atoms with van der Waals surface area (Å²) in [6.07, 6.45) is 0.736.